The van der Waals surface area contributed by atoms with E-state index in [1.54, 1.807) is 36.4 Å². The standard InChI is InChI=1S/C21H14N2O5/c1-26-16-8-12(9-17-19(16)28-11-27-17)10-22-23-20(24)14-6-2-4-13-5-3-7-15(18(13)14)21(23)25/h2-10H,11H2,1H3/b22-10-. The van der Waals surface area contributed by atoms with Gasteiger partial charge in [0.25, 0.3) is 11.8 Å². The zero-order valence-electron chi connectivity index (χ0n) is 14.8. The van der Waals surface area contributed by atoms with E-state index >= 15 is 0 Å². The Labute approximate surface area is 159 Å². The van der Waals surface area contributed by atoms with Crippen LogP contribution in [0.5, 0.6) is 17.2 Å². The van der Waals surface area contributed by atoms with Gasteiger partial charge in [0.15, 0.2) is 11.5 Å². The molecule has 3 aromatic carbocycles. The zero-order chi connectivity index (χ0) is 19.3. The summed E-state index contributed by atoms with van der Waals surface area (Å²) in [6.45, 7) is 0.107. The Balaban J connectivity index is 1.55. The van der Waals surface area contributed by atoms with Crippen LogP contribution in [0.4, 0.5) is 0 Å². The van der Waals surface area contributed by atoms with Crippen LogP contribution in [0, 0.1) is 0 Å². The molecule has 28 heavy (non-hydrogen) atoms. The first-order chi connectivity index (χ1) is 13.7. The molecule has 2 amide bonds. The van der Waals surface area contributed by atoms with Crippen molar-refractivity contribution >= 4 is 28.8 Å². The summed E-state index contributed by atoms with van der Waals surface area (Å²) >= 11 is 0. The molecular formula is C21H14N2O5. The number of amides is 2. The van der Waals surface area contributed by atoms with E-state index in [1.807, 2.05) is 12.1 Å². The van der Waals surface area contributed by atoms with Gasteiger partial charge in [0, 0.05) is 10.9 Å². The molecule has 0 unspecified atom stereocenters. The van der Waals surface area contributed by atoms with Gasteiger partial charge in [-0.1, -0.05) is 24.3 Å². The molecule has 2 aliphatic heterocycles. The molecule has 7 heteroatoms. The van der Waals surface area contributed by atoms with E-state index in [4.69, 9.17) is 14.2 Å². The van der Waals surface area contributed by atoms with Gasteiger partial charge in [-0.25, -0.2) is 0 Å². The molecule has 0 saturated heterocycles. The number of imide groups is 1. The van der Waals surface area contributed by atoms with Crippen molar-refractivity contribution < 1.29 is 23.8 Å². The highest BCUT2D eigenvalue weighted by Crippen LogP contribution is 2.41. The number of ether oxygens (including phenoxy) is 3. The molecule has 0 spiro atoms. The first-order valence-electron chi connectivity index (χ1n) is 8.59. The minimum Gasteiger partial charge on any atom is -0.493 e. The van der Waals surface area contributed by atoms with Crippen LogP contribution < -0.4 is 14.2 Å². The average Bonchev–Trinajstić information content (AvgIpc) is 3.20. The second-order valence-electron chi connectivity index (χ2n) is 6.33. The van der Waals surface area contributed by atoms with Crippen LogP contribution in [0.15, 0.2) is 53.6 Å². The van der Waals surface area contributed by atoms with E-state index < -0.39 is 11.8 Å². The summed E-state index contributed by atoms with van der Waals surface area (Å²) < 4.78 is 16.1. The van der Waals surface area contributed by atoms with Gasteiger partial charge < -0.3 is 14.2 Å². The van der Waals surface area contributed by atoms with Crippen LogP contribution >= 0.6 is 0 Å². The topological polar surface area (TPSA) is 77.4 Å². The van der Waals surface area contributed by atoms with E-state index in [1.165, 1.54) is 13.3 Å². The summed E-state index contributed by atoms with van der Waals surface area (Å²) in [5.41, 5.74) is 1.51. The first-order valence-corrected chi connectivity index (χ1v) is 8.59. The third kappa shape index (κ3) is 2.33. The lowest BCUT2D eigenvalue weighted by Gasteiger charge is -2.23. The van der Waals surface area contributed by atoms with Gasteiger partial charge in [-0.15, -0.1) is 0 Å². The Kier molecular flexibility index (Phi) is 3.55. The molecule has 5 rings (SSSR count). The highest BCUT2D eigenvalue weighted by molar-refractivity contribution is 6.25. The molecule has 138 valence electrons. The molecule has 3 aromatic rings. The van der Waals surface area contributed by atoms with Crippen LogP contribution in [-0.4, -0.2) is 36.9 Å². The van der Waals surface area contributed by atoms with E-state index in [2.05, 4.69) is 5.10 Å². The molecule has 0 aromatic heterocycles. The van der Waals surface area contributed by atoms with Gasteiger partial charge in [-0.05, 0) is 29.7 Å². The lowest BCUT2D eigenvalue weighted by atomic mass is 9.95. The second-order valence-corrected chi connectivity index (χ2v) is 6.33. The summed E-state index contributed by atoms with van der Waals surface area (Å²) in [6.07, 6.45) is 1.42. The number of methoxy groups -OCH3 is 1. The predicted octanol–water partition coefficient (Wildman–Crippen LogP) is 3.21. The number of rotatable bonds is 3. The highest BCUT2D eigenvalue weighted by atomic mass is 16.7. The van der Waals surface area contributed by atoms with Crippen LogP contribution in [0.1, 0.15) is 26.3 Å². The summed E-state index contributed by atoms with van der Waals surface area (Å²) in [5, 5.41) is 6.55. The van der Waals surface area contributed by atoms with Gasteiger partial charge in [0.05, 0.1) is 24.5 Å². The number of hydrogen-bond acceptors (Lipinski definition) is 6. The van der Waals surface area contributed by atoms with Crippen molar-refractivity contribution in [3.05, 3.63) is 65.2 Å². The van der Waals surface area contributed by atoms with Crippen molar-refractivity contribution in [3.63, 3.8) is 0 Å². The van der Waals surface area contributed by atoms with Crippen molar-refractivity contribution in [1.82, 2.24) is 5.01 Å². The van der Waals surface area contributed by atoms with Crippen LogP contribution in [0.2, 0.25) is 0 Å². The molecule has 0 atom stereocenters. The van der Waals surface area contributed by atoms with Gasteiger partial charge in [0.2, 0.25) is 12.5 Å². The maximum atomic E-state index is 12.9. The molecule has 0 radical (unpaired) electrons. The minimum atomic E-state index is -0.460. The third-order valence-corrected chi connectivity index (χ3v) is 4.75. The summed E-state index contributed by atoms with van der Waals surface area (Å²) in [5.74, 6) is 0.608. The van der Waals surface area contributed by atoms with Crippen molar-refractivity contribution in [3.8, 4) is 17.2 Å². The fourth-order valence-electron chi connectivity index (χ4n) is 3.47. The van der Waals surface area contributed by atoms with Crippen LogP contribution in [0.25, 0.3) is 10.8 Å². The number of benzene rings is 3. The summed E-state index contributed by atoms with van der Waals surface area (Å²) in [4.78, 5) is 25.7. The van der Waals surface area contributed by atoms with Crippen LogP contribution in [0.3, 0.4) is 0 Å². The van der Waals surface area contributed by atoms with Gasteiger partial charge >= 0.3 is 0 Å². The predicted molar refractivity (Wildman–Crippen MR) is 101 cm³/mol. The van der Waals surface area contributed by atoms with E-state index in [-0.39, 0.29) is 6.79 Å². The summed E-state index contributed by atoms with van der Waals surface area (Å²) in [7, 11) is 1.52. The molecule has 2 aliphatic rings. The molecular weight excluding hydrogens is 360 g/mol. The lowest BCUT2D eigenvalue weighted by Crippen LogP contribution is -2.36. The Morgan fingerprint density at radius 1 is 1.04 bits per heavy atom. The maximum absolute atomic E-state index is 12.9. The highest BCUT2D eigenvalue weighted by Gasteiger charge is 2.32. The Hall–Kier alpha value is -3.87. The van der Waals surface area contributed by atoms with E-state index in [0.29, 0.717) is 39.3 Å². The molecule has 0 N–H and O–H groups in total. The number of carbonyl (C=O) groups excluding carboxylic acids is 2. The van der Waals surface area contributed by atoms with Gasteiger partial charge in [-0.3, -0.25) is 9.59 Å². The van der Waals surface area contributed by atoms with Crippen molar-refractivity contribution in [1.29, 1.82) is 0 Å². The zero-order valence-corrected chi connectivity index (χ0v) is 14.8. The van der Waals surface area contributed by atoms with E-state index in [0.717, 1.165) is 10.4 Å². The average molecular weight is 374 g/mol. The molecule has 0 fully saturated rings. The van der Waals surface area contributed by atoms with Crippen molar-refractivity contribution in [2.45, 2.75) is 0 Å². The monoisotopic (exact) mass is 374 g/mol. The number of carbonyl (C=O) groups is 2. The lowest BCUT2D eigenvalue weighted by molar-refractivity contribution is 0.0616. The fraction of sp³-hybridized carbons (Fsp3) is 0.0952. The molecule has 0 saturated carbocycles. The molecule has 2 heterocycles. The smallest absolute Gasteiger partial charge is 0.282 e. The number of nitrogens with zero attached hydrogens (tertiary/aromatic N) is 2. The maximum Gasteiger partial charge on any atom is 0.282 e. The molecule has 7 nitrogen and oxygen atoms in total. The number of hydrogen-bond donors (Lipinski definition) is 0. The number of fused-ring (bicyclic) bond motifs is 1. The summed E-state index contributed by atoms with van der Waals surface area (Å²) in [6, 6.07) is 14.1. The van der Waals surface area contributed by atoms with Gasteiger partial charge in [-0.2, -0.15) is 10.1 Å². The van der Waals surface area contributed by atoms with Crippen molar-refractivity contribution in [2.24, 2.45) is 5.10 Å². The van der Waals surface area contributed by atoms with E-state index in [9.17, 15) is 9.59 Å². The first kappa shape index (κ1) is 16.3. The van der Waals surface area contributed by atoms with Crippen LogP contribution in [-0.2, 0) is 0 Å². The largest absolute Gasteiger partial charge is 0.493 e. The third-order valence-electron chi connectivity index (χ3n) is 4.75. The van der Waals surface area contributed by atoms with Gasteiger partial charge in [0.1, 0.15) is 0 Å². The number of hydrazone groups is 1. The fourth-order valence-corrected chi connectivity index (χ4v) is 3.47. The Morgan fingerprint density at radius 3 is 2.43 bits per heavy atom. The Bertz CT molecular complexity index is 1130. The molecule has 0 aliphatic carbocycles. The SMILES string of the molecule is COc1cc(/C=N\N2C(=O)c3cccc4cccc(c34)C2=O)cc2c1OCO2. The molecule has 0 bridgehead atoms. The normalized spacial score (nSPS) is 15.0. The Morgan fingerprint density at radius 2 is 1.75 bits per heavy atom. The van der Waals surface area contributed by atoms with Crippen molar-refractivity contribution in [2.75, 3.05) is 13.9 Å². The second kappa shape index (κ2) is 6.09. The minimum absolute atomic E-state index is 0.107. The quantitative estimate of drug-likeness (QED) is 0.520.